The summed E-state index contributed by atoms with van der Waals surface area (Å²) in [5.74, 6) is 0.0433. The summed E-state index contributed by atoms with van der Waals surface area (Å²) in [6.07, 6.45) is 1.42. The minimum atomic E-state index is -0.531. The SMILES string of the molecule is COc1cccc([C@@H](C)NC(=O)c2ccc(-c3ccnc(F)c3)cc2)c1. The molecule has 26 heavy (non-hydrogen) atoms. The minimum Gasteiger partial charge on any atom is -0.497 e. The summed E-state index contributed by atoms with van der Waals surface area (Å²) in [4.78, 5) is 16.0. The van der Waals surface area contributed by atoms with Gasteiger partial charge in [-0.2, -0.15) is 4.39 Å². The molecule has 4 nitrogen and oxygen atoms in total. The van der Waals surface area contributed by atoms with Crippen molar-refractivity contribution in [1.29, 1.82) is 0 Å². The molecule has 0 spiro atoms. The molecule has 0 bridgehead atoms. The highest BCUT2D eigenvalue weighted by Crippen LogP contribution is 2.21. The number of nitrogens with one attached hydrogen (secondary N) is 1. The second-order valence-electron chi connectivity index (χ2n) is 5.92. The Bertz CT molecular complexity index is 910. The summed E-state index contributed by atoms with van der Waals surface area (Å²) < 4.78 is 18.4. The number of rotatable bonds is 5. The first-order chi connectivity index (χ1) is 12.6. The van der Waals surface area contributed by atoms with Crippen molar-refractivity contribution >= 4 is 5.91 Å². The Labute approximate surface area is 151 Å². The van der Waals surface area contributed by atoms with Crippen molar-refractivity contribution in [1.82, 2.24) is 10.3 Å². The van der Waals surface area contributed by atoms with Crippen LogP contribution in [0.5, 0.6) is 5.75 Å². The molecule has 0 aliphatic carbocycles. The maximum Gasteiger partial charge on any atom is 0.251 e. The number of carbonyl (C=O) groups is 1. The minimum absolute atomic E-state index is 0.161. The molecular weight excluding hydrogens is 331 g/mol. The van der Waals surface area contributed by atoms with Crippen LogP contribution in [0.15, 0.2) is 66.9 Å². The lowest BCUT2D eigenvalue weighted by atomic mass is 10.0. The molecule has 0 radical (unpaired) electrons. The number of methoxy groups -OCH3 is 1. The van der Waals surface area contributed by atoms with Gasteiger partial charge in [0, 0.05) is 17.8 Å². The zero-order chi connectivity index (χ0) is 18.5. The molecule has 2 aromatic carbocycles. The van der Waals surface area contributed by atoms with Gasteiger partial charge in [-0.15, -0.1) is 0 Å². The van der Waals surface area contributed by atoms with Gasteiger partial charge in [-0.25, -0.2) is 4.98 Å². The molecule has 1 N–H and O–H groups in total. The van der Waals surface area contributed by atoms with Gasteiger partial charge in [-0.05, 0) is 53.9 Å². The molecule has 1 heterocycles. The Morgan fingerprint density at radius 3 is 2.54 bits per heavy atom. The summed E-state index contributed by atoms with van der Waals surface area (Å²) in [5.41, 5.74) is 3.04. The molecule has 0 unspecified atom stereocenters. The predicted molar refractivity (Wildman–Crippen MR) is 98.5 cm³/mol. The smallest absolute Gasteiger partial charge is 0.251 e. The Morgan fingerprint density at radius 2 is 1.85 bits per heavy atom. The largest absolute Gasteiger partial charge is 0.497 e. The number of aromatic nitrogens is 1. The lowest BCUT2D eigenvalue weighted by molar-refractivity contribution is 0.0940. The van der Waals surface area contributed by atoms with E-state index in [9.17, 15) is 9.18 Å². The van der Waals surface area contributed by atoms with Gasteiger partial charge in [0.2, 0.25) is 5.95 Å². The van der Waals surface area contributed by atoms with Crippen LogP contribution in [0.4, 0.5) is 4.39 Å². The van der Waals surface area contributed by atoms with Crippen molar-refractivity contribution in [3.8, 4) is 16.9 Å². The lowest BCUT2D eigenvalue weighted by Gasteiger charge is -2.15. The molecule has 0 aliphatic rings. The van der Waals surface area contributed by atoms with Crippen LogP contribution in [0.3, 0.4) is 0 Å². The van der Waals surface area contributed by atoms with Gasteiger partial charge in [0.25, 0.3) is 5.91 Å². The summed E-state index contributed by atoms with van der Waals surface area (Å²) in [6, 6.07) is 17.5. The molecule has 1 amide bonds. The van der Waals surface area contributed by atoms with Gasteiger partial charge < -0.3 is 10.1 Å². The maximum atomic E-state index is 13.2. The zero-order valence-electron chi connectivity index (χ0n) is 14.6. The number of hydrogen-bond acceptors (Lipinski definition) is 3. The standard InChI is InChI=1S/C21H19FN2O2/c1-14(17-4-3-5-19(12-17)26-2)24-21(25)16-8-6-15(7-9-16)18-10-11-23-20(22)13-18/h3-14H,1-2H3,(H,24,25)/t14-/m1/s1. The lowest BCUT2D eigenvalue weighted by Crippen LogP contribution is -2.26. The fourth-order valence-corrected chi connectivity index (χ4v) is 2.67. The number of hydrogen-bond donors (Lipinski definition) is 1. The van der Waals surface area contributed by atoms with E-state index >= 15 is 0 Å². The van der Waals surface area contributed by atoms with Gasteiger partial charge in [0.1, 0.15) is 5.75 Å². The zero-order valence-corrected chi connectivity index (χ0v) is 14.6. The van der Waals surface area contributed by atoms with Gasteiger partial charge in [-0.3, -0.25) is 4.79 Å². The molecule has 3 rings (SSSR count). The summed E-state index contributed by atoms with van der Waals surface area (Å²) >= 11 is 0. The molecule has 0 fully saturated rings. The second-order valence-corrected chi connectivity index (χ2v) is 5.92. The first-order valence-electron chi connectivity index (χ1n) is 8.23. The summed E-state index contributed by atoms with van der Waals surface area (Å²) in [5, 5.41) is 2.97. The quantitative estimate of drug-likeness (QED) is 0.695. The van der Waals surface area contributed by atoms with E-state index in [4.69, 9.17) is 4.74 Å². The number of amides is 1. The van der Waals surface area contributed by atoms with Gasteiger partial charge >= 0.3 is 0 Å². The third-order valence-corrected chi connectivity index (χ3v) is 4.15. The van der Waals surface area contributed by atoms with Gasteiger partial charge in [0.05, 0.1) is 13.2 Å². The summed E-state index contributed by atoms with van der Waals surface area (Å²) in [6.45, 7) is 1.92. The van der Waals surface area contributed by atoms with E-state index in [1.54, 1.807) is 37.4 Å². The predicted octanol–water partition coefficient (Wildman–Crippen LogP) is 4.39. The molecule has 0 aliphatic heterocycles. The van der Waals surface area contributed by atoms with Gasteiger partial charge in [-0.1, -0.05) is 24.3 Å². The number of ether oxygens (including phenoxy) is 1. The first-order valence-corrected chi connectivity index (χ1v) is 8.23. The van der Waals surface area contributed by atoms with Crippen LogP contribution in [0.1, 0.15) is 28.9 Å². The van der Waals surface area contributed by atoms with Crippen molar-refractivity contribution in [3.63, 3.8) is 0 Å². The average Bonchev–Trinajstić information content (AvgIpc) is 2.68. The summed E-state index contributed by atoms with van der Waals surface area (Å²) in [7, 11) is 1.61. The van der Waals surface area contributed by atoms with Crippen molar-refractivity contribution in [3.05, 3.63) is 83.9 Å². The van der Waals surface area contributed by atoms with Crippen LogP contribution in [-0.4, -0.2) is 18.0 Å². The number of nitrogens with zero attached hydrogens (tertiary/aromatic N) is 1. The molecule has 3 aromatic rings. The van der Waals surface area contributed by atoms with Crippen LogP contribution >= 0.6 is 0 Å². The van der Waals surface area contributed by atoms with Crippen LogP contribution in [0, 0.1) is 5.95 Å². The monoisotopic (exact) mass is 350 g/mol. The number of pyridine rings is 1. The van der Waals surface area contributed by atoms with E-state index in [0.717, 1.165) is 16.9 Å². The third kappa shape index (κ3) is 4.06. The van der Waals surface area contributed by atoms with Crippen molar-refractivity contribution in [2.75, 3.05) is 7.11 Å². The van der Waals surface area contributed by atoms with Crippen LogP contribution in [0.25, 0.3) is 11.1 Å². The molecule has 1 atom stereocenters. The Morgan fingerprint density at radius 1 is 1.08 bits per heavy atom. The topological polar surface area (TPSA) is 51.2 Å². The van der Waals surface area contributed by atoms with Crippen LogP contribution < -0.4 is 10.1 Å². The molecule has 5 heteroatoms. The first kappa shape index (κ1) is 17.6. The molecule has 1 aromatic heterocycles. The fraction of sp³-hybridized carbons (Fsp3) is 0.143. The molecular formula is C21H19FN2O2. The number of halogens is 1. The van der Waals surface area contributed by atoms with Crippen molar-refractivity contribution in [2.24, 2.45) is 0 Å². The van der Waals surface area contributed by atoms with E-state index < -0.39 is 5.95 Å². The fourth-order valence-electron chi connectivity index (χ4n) is 2.67. The molecule has 0 saturated carbocycles. The average molecular weight is 350 g/mol. The van der Waals surface area contributed by atoms with Crippen LogP contribution in [-0.2, 0) is 0 Å². The van der Waals surface area contributed by atoms with Crippen LogP contribution in [0.2, 0.25) is 0 Å². The molecule has 132 valence electrons. The maximum absolute atomic E-state index is 13.2. The highest BCUT2D eigenvalue weighted by Gasteiger charge is 2.12. The van der Waals surface area contributed by atoms with E-state index in [0.29, 0.717) is 11.1 Å². The van der Waals surface area contributed by atoms with E-state index in [1.807, 2.05) is 31.2 Å². The second kappa shape index (κ2) is 7.78. The van der Waals surface area contributed by atoms with Gasteiger partial charge in [0.15, 0.2) is 0 Å². The Hall–Kier alpha value is -3.21. The molecule has 0 saturated heterocycles. The normalized spacial score (nSPS) is 11.7. The Balaban J connectivity index is 1.71. The Kier molecular flexibility index (Phi) is 5.27. The van der Waals surface area contributed by atoms with E-state index in [1.165, 1.54) is 12.3 Å². The third-order valence-electron chi connectivity index (χ3n) is 4.15. The van der Waals surface area contributed by atoms with E-state index in [2.05, 4.69) is 10.3 Å². The van der Waals surface area contributed by atoms with Crippen molar-refractivity contribution in [2.45, 2.75) is 13.0 Å². The van der Waals surface area contributed by atoms with E-state index in [-0.39, 0.29) is 11.9 Å². The highest BCUT2D eigenvalue weighted by atomic mass is 19.1. The highest BCUT2D eigenvalue weighted by molar-refractivity contribution is 5.94. The van der Waals surface area contributed by atoms with Crippen molar-refractivity contribution < 1.29 is 13.9 Å². The number of carbonyl (C=O) groups excluding carboxylic acids is 1. The number of benzene rings is 2.